The van der Waals surface area contributed by atoms with E-state index in [1.807, 2.05) is 18.2 Å². The van der Waals surface area contributed by atoms with Gasteiger partial charge < -0.3 is 15.8 Å². The predicted molar refractivity (Wildman–Crippen MR) is 75.7 cm³/mol. The number of benzene rings is 1. The number of ether oxygens (including phenoxy) is 1. The van der Waals surface area contributed by atoms with Crippen molar-refractivity contribution in [2.24, 2.45) is 5.73 Å². The average molecular weight is 315 g/mol. The molecule has 1 aromatic rings. The first-order valence-electron chi connectivity index (χ1n) is 5.74. The number of nitrogens with two attached hydrogens (primary N) is 1. The molecule has 0 fully saturated rings. The van der Waals surface area contributed by atoms with E-state index in [4.69, 9.17) is 10.5 Å². The van der Waals surface area contributed by atoms with Crippen LogP contribution in [0.3, 0.4) is 0 Å². The summed E-state index contributed by atoms with van der Waals surface area (Å²) in [5, 5.41) is 2.81. The largest absolute Gasteiger partial charge is 0.496 e. The molecular formula is C13H19BrN2O2. The van der Waals surface area contributed by atoms with Gasteiger partial charge in [0.15, 0.2) is 0 Å². The summed E-state index contributed by atoms with van der Waals surface area (Å²) in [6.07, 6.45) is 0.754. The van der Waals surface area contributed by atoms with Crippen LogP contribution in [0.4, 0.5) is 0 Å². The molecule has 0 aliphatic carbocycles. The van der Waals surface area contributed by atoms with Crippen molar-refractivity contribution in [3.8, 4) is 5.75 Å². The van der Waals surface area contributed by atoms with Crippen molar-refractivity contribution in [2.75, 3.05) is 13.7 Å². The minimum atomic E-state index is -0.833. The van der Waals surface area contributed by atoms with Gasteiger partial charge in [-0.3, -0.25) is 4.79 Å². The van der Waals surface area contributed by atoms with Crippen molar-refractivity contribution in [3.63, 3.8) is 0 Å². The average Bonchev–Trinajstić information content (AvgIpc) is 2.28. The standard InChI is InChI=1S/C13H19BrN2O2/c1-13(2,15)12(17)16-7-6-9-4-5-11(18-3)10(14)8-9/h4-5,8H,6-7,15H2,1-3H3,(H,16,17). The monoisotopic (exact) mass is 314 g/mol. The Morgan fingerprint density at radius 3 is 2.67 bits per heavy atom. The van der Waals surface area contributed by atoms with Gasteiger partial charge in [0.1, 0.15) is 5.75 Å². The van der Waals surface area contributed by atoms with Crippen molar-refractivity contribution >= 4 is 21.8 Å². The van der Waals surface area contributed by atoms with E-state index in [-0.39, 0.29) is 5.91 Å². The molecule has 0 saturated heterocycles. The molecule has 0 saturated carbocycles. The van der Waals surface area contributed by atoms with Gasteiger partial charge in [0.2, 0.25) is 5.91 Å². The van der Waals surface area contributed by atoms with Crippen LogP contribution in [0.2, 0.25) is 0 Å². The van der Waals surface area contributed by atoms with E-state index >= 15 is 0 Å². The second-order valence-corrected chi connectivity index (χ2v) is 5.55. The predicted octanol–water partition coefficient (Wildman–Crippen LogP) is 1.85. The van der Waals surface area contributed by atoms with Crippen LogP contribution in [-0.2, 0) is 11.2 Å². The zero-order valence-corrected chi connectivity index (χ0v) is 12.5. The number of amides is 1. The van der Waals surface area contributed by atoms with Gasteiger partial charge in [-0.1, -0.05) is 6.07 Å². The van der Waals surface area contributed by atoms with Crippen LogP contribution in [0, 0.1) is 0 Å². The molecule has 0 bridgehead atoms. The highest BCUT2D eigenvalue weighted by molar-refractivity contribution is 9.10. The van der Waals surface area contributed by atoms with E-state index in [9.17, 15) is 4.79 Å². The third kappa shape index (κ3) is 4.31. The Labute approximate surface area is 116 Å². The highest BCUT2D eigenvalue weighted by Gasteiger charge is 2.20. The number of methoxy groups -OCH3 is 1. The lowest BCUT2D eigenvalue weighted by Gasteiger charge is -2.17. The quantitative estimate of drug-likeness (QED) is 0.872. The summed E-state index contributed by atoms with van der Waals surface area (Å²) >= 11 is 3.43. The molecule has 5 heteroatoms. The van der Waals surface area contributed by atoms with E-state index in [2.05, 4.69) is 21.2 Å². The molecule has 0 aliphatic heterocycles. The lowest BCUT2D eigenvalue weighted by molar-refractivity contribution is -0.125. The van der Waals surface area contributed by atoms with Crippen molar-refractivity contribution in [2.45, 2.75) is 25.8 Å². The highest BCUT2D eigenvalue weighted by atomic mass is 79.9. The molecule has 0 radical (unpaired) electrons. The number of carbonyl (C=O) groups excluding carboxylic acids is 1. The maximum atomic E-state index is 11.6. The van der Waals surface area contributed by atoms with Crippen LogP contribution in [0.15, 0.2) is 22.7 Å². The molecule has 0 aromatic heterocycles. The Morgan fingerprint density at radius 1 is 1.50 bits per heavy atom. The maximum Gasteiger partial charge on any atom is 0.239 e. The van der Waals surface area contributed by atoms with Gasteiger partial charge in [0.25, 0.3) is 0 Å². The number of hydrogen-bond acceptors (Lipinski definition) is 3. The number of rotatable bonds is 5. The summed E-state index contributed by atoms with van der Waals surface area (Å²) in [7, 11) is 1.63. The summed E-state index contributed by atoms with van der Waals surface area (Å²) in [5.74, 6) is 0.654. The minimum Gasteiger partial charge on any atom is -0.496 e. The Balaban J connectivity index is 2.50. The van der Waals surface area contributed by atoms with Crippen molar-refractivity contribution in [1.82, 2.24) is 5.32 Å². The summed E-state index contributed by atoms with van der Waals surface area (Å²) in [6, 6.07) is 5.86. The zero-order chi connectivity index (χ0) is 13.8. The fourth-order valence-corrected chi connectivity index (χ4v) is 2.00. The molecule has 0 heterocycles. The van der Waals surface area contributed by atoms with Crippen LogP contribution in [0.1, 0.15) is 19.4 Å². The van der Waals surface area contributed by atoms with Gasteiger partial charge in [-0.15, -0.1) is 0 Å². The third-order valence-electron chi connectivity index (χ3n) is 2.50. The number of hydrogen-bond donors (Lipinski definition) is 2. The lowest BCUT2D eigenvalue weighted by atomic mass is 10.1. The van der Waals surface area contributed by atoms with E-state index in [0.717, 1.165) is 22.2 Å². The number of halogens is 1. The maximum absolute atomic E-state index is 11.6. The molecule has 1 amide bonds. The summed E-state index contributed by atoms with van der Waals surface area (Å²) in [5.41, 5.74) is 5.97. The second-order valence-electron chi connectivity index (χ2n) is 4.70. The SMILES string of the molecule is COc1ccc(CCNC(=O)C(C)(C)N)cc1Br. The van der Waals surface area contributed by atoms with E-state index < -0.39 is 5.54 Å². The topological polar surface area (TPSA) is 64.3 Å². The van der Waals surface area contributed by atoms with Crippen LogP contribution in [0.25, 0.3) is 0 Å². The Bertz CT molecular complexity index is 427. The Kier molecular flexibility index (Phi) is 5.16. The summed E-state index contributed by atoms with van der Waals surface area (Å²) < 4.78 is 6.06. The van der Waals surface area contributed by atoms with Gasteiger partial charge in [-0.25, -0.2) is 0 Å². The summed E-state index contributed by atoms with van der Waals surface area (Å²) in [4.78, 5) is 11.6. The fraction of sp³-hybridized carbons (Fsp3) is 0.462. The molecule has 4 nitrogen and oxygen atoms in total. The van der Waals surface area contributed by atoms with Gasteiger partial charge in [0.05, 0.1) is 17.1 Å². The van der Waals surface area contributed by atoms with Crippen LogP contribution in [0.5, 0.6) is 5.75 Å². The Morgan fingerprint density at radius 2 is 2.17 bits per heavy atom. The van der Waals surface area contributed by atoms with E-state index in [0.29, 0.717) is 6.54 Å². The molecule has 0 spiro atoms. The number of nitrogens with one attached hydrogen (secondary N) is 1. The van der Waals surface area contributed by atoms with Gasteiger partial charge in [0, 0.05) is 6.54 Å². The molecule has 1 aromatic carbocycles. The second kappa shape index (κ2) is 6.20. The highest BCUT2D eigenvalue weighted by Crippen LogP contribution is 2.25. The van der Waals surface area contributed by atoms with E-state index in [1.54, 1.807) is 21.0 Å². The Hall–Kier alpha value is -1.07. The van der Waals surface area contributed by atoms with Crippen molar-refractivity contribution < 1.29 is 9.53 Å². The van der Waals surface area contributed by atoms with Crippen LogP contribution < -0.4 is 15.8 Å². The zero-order valence-electron chi connectivity index (χ0n) is 10.9. The summed E-state index contributed by atoms with van der Waals surface area (Å²) in [6.45, 7) is 3.94. The molecule has 0 unspecified atom stereocenters. The molecule has 0 aliphatic rings. The van der Waals surface area contributed by atoms with E-state index in [1.165, 1.54) is 0 Å². The molecule has 100 valence electrons. The minimum absolute atomic E-state index is 0.143. The number of carbonyl (C=O) groups is 1. The van der Waals surface area contributed by atoms with Crippen LogP contribution in [-0.4, -0.2) is 25.1 Å². The van der Waals surface area contributed by atoms with Gasteiger partial charge in [-0.2, -0.15) is 0 Å². The molecule has 3 N–H and O–H groups in total. The first-order valence-corrected chi connectivity index (χ1v) is 6.53. The fourth-order valence-electron chi connectivity index (χ4n) is 1.41. The van der Waals surface area contributed by atoms with Crippen LogP contribution >= 0.6 is 15.9 Å². The molecular weight excluding hydrogens is 296 g/mol. The third-order valence-corrected chi connectivity index (χ3v) is 3.12. The lowest BCUT2D eigenvalue weighted by Crippen LogP contribution is -2.49. The van der Waals surface area contributed by atoms with Gasteiger partial charge >= 0.3 is 0 Å². The molecule has 18 heavy (non-hydrogen) atoms. The van der Waals surface area contributed by atoms with Crippen molar-refractivity contribution in [3.05, 3.63) is 28.2 Å². The molecule has 0 atom stereocenters. The van der Waals surface area contributed by atoms with Gasteiger partial charge in [-0.05, 0) is 53.9 Å². The first-order chi connectivity index (χ1) is 8.34. The van der Waals surface area contributed by atoms with Crippen molar-refractivity contribution in [1.29, 1.82) is 0 Å². The molecule has 1 rings (SSSR count). The normalized spacial score (nSPS) is 11.2. The first kappa shape index (κ1) is 15.0. The smallest absolute Gasteiger partial charge is 0.239 e.